The maximum atomic E-state index is 15.5. The van der Waals surface area contributed by atoms with Crippen molar-refractivity contribution in [3.8, 4) is 0 Å². The number of piperidine rings is 1. The number of ether oxygens (including phenoxy) is 1. The molecule has 212 valence electrons. The molecule has 1 saturated heterocycles. The van der Waals surface area contributed by atoms with Crippen LogP contribution in [0, 0.1) is 0 Å². The van der Waals surface area contributed by atoms with Gasteiger partial charge >= 0.3 is 6.09 Å². The second-order valence-corrected chi connectivity index (χ2v) is 10.9. The number of hydrogen-bond donors (Lipinski definition) is 2. The summed E-state index contributed by atoms with van der Waals surface area (Å²) in [6, 6.07) is 10.6. The van der Waals surface area contributed by atoms with Crippen LogP contribution in [0.5, 0.6) is 0 Å². The summed E-state index contributed by atoms with van der Waals surface area (Å²) in [5.74, 6) is -1.01. The number of carbonyl (C=O) groups is 3. The molecular formula is C29H39FN4O5. The molecule has 2 aromatic rings. The average molecular weight is 543 g/mol. The Morgan fingerprint density at radius 3 is 2.49 bits per heavy atom. The molecule has 1 atom stereocenters. The fraction of sp³-hybridized carbons (Fsp3) is 0.517. The zero-order chi connectivity index (χ0) is 28.6. The van der Waals surface area contributed by atoms with Gasteiger partial charge in [-0.3, -0.25) is 14.4 Å². The van der Waals surface area contributed by atoms with Crippen LogP contribution >= 0.6 is 0 Å². The van der Waals surface area contributed by atoms with E-state index in [9.17, 15) is 19.2 Å². The lowest BCUT2D eigenvalue weighted by Crippen LogP contribution is -2.49. The van der Waals surface area contributed by atoms with Crippen molar-refractivity contribution in [2.75, 3.05) is 26.2 Å². The van der Waals surface area contributed by atoms with Gasteiger partial charge in [-0.15, -0.1) is 0 Å². The Bertz CT molecular complexity index is 1220. The van der Waals surface area contributed by atoms with Crippen LogP contribution in [0.25, 0.3) is 0 Å². The van der Waals surface area contributed by atoms with E-state index in [1.54, 1.807) is 27.7 Å². The molecule has 9 nitrogen and oxygen atoms in total. The first kappa shape index (κ1) is 29.9. The number of aromatic nitrogens is 1. The Hall–Kier alpha value is -3.69. The van der Waals surface area contributed by atoms with E-state index >= 15 is 4.39 Å². The van der Waals surface area contributed by atoms with Crippen molar-refractivity contribution in [3.63, 3.8) is 0 Å². The fourth-order valence-corrected chi connectivity index (χ4v) is 4.56. The van der Waals surface area contributed by atoms with Gasteiger partial charge in [-0.25, -0.2) is 9.18 Å². The number of likely N-dealkylation sites (tertiary alicyclic amines) is 1. The van der Waals surface area contributed by atoms with Crippen molar-refractivity contribution < 1.29 is 23.5 Å². The molecule has 1 aromatic heterocycles. The summed E-state index contributed by atoms with van der Waals surface area (Å²) in [7, 11) is 0. The van der Waals surface area contributed by atoms with Crippen LogP contribution in [0.3, 0.4) is 0 Å². The first-order valence-corrected chi connectivity index (χ1v) is 13.4. The summed E-state index contributed by atoms with van der Waals surface area (Å²) in [5.41, 5.74) is -1.82. The van der Waals surface area contributed by atoms with E-state index in [1.165, 1.54) is 21.7 Å². The van der Waals surface area contributed by atoms with Gasteiger partial charge in [0.2, 0.25) is 0 Å². The molecule has 0 unspecified atom stereocenters. The van der Waals surface area contributed by atoms with Crippen molar-refractivity contribution in [2.45, 2.75) is 71.2 Å². The largest absolute Gasteiger partial charge is 0.444 e. The van der Waals surface area contributed by atoms with Gasteiger partial charge in [0, 0.05) is 25.8 Å². The van der Waals surface area contributed by atoms with E-state index in [0.29, 0.717) is 32.4 Å². The van der Waals surface area contributed by atoms with Gasteiger partial charge in [-0.05, 0) is 65.0 Å². The number of hydrogen-bond acceptors (Lipinski definition) is 5. The third-order valence-electron chi connectivity index (χ3n) is 6.39. The van der Waals surface area contributed by atoms with Crippen molar-refractivity contribution in [2.24, 2.45) is 0 Å². The fourth-order valence-electron chi connectivity index (χ4n) is 4.56. The van der Waals surface area contributed by atoms with Gasteiger partial charge in [0.1, 0.15) is 16.8 Å². The van der Waals surface area contributed by atoms with Gasteiger partial charge < -0.3 is 24.8 Å². The number of pyridine rings is 1. The number of alkyl halides is 1. The van der Waals surface area contributed by atoms with Crippen LogP contribution < -0.4 is 16.2 Å². The predicted molar refractivity (Wildman–Crippen MR) is 147 cm³/mol. The molecule has 2 heterocycles. The summed E-state index contributed by atoms with van der Waals surface area (Å²) in [5, 5.41) is 5.39. The zero-order valence-corrected chi connectivity index (χ0v) is 23.2. The van der Waals surface area contributed by atoms with E-state index in [4.69, 9.17) is 4.74 Å². The van der Waals surface area contributed by atoms with Gasteiger partial charge in [-0.2, -0.15) is 0 Å². The highest BCUT2D eigenvalue weighted by atomic mass is 19.1. The van der Waals surface area contributed by atoms with E-state index in [2.05, 4.69) is 10.6 Å². The summed E-state index contributed by atoms with van der Waals surface area (Å²) in [6.07, 6.45) is 2.31. The molecule has 0 saturated carbocycles. The number of benzene rings is 1. The first-order chi connectivity index (χ1) is 18.4. The number of amides is 3. The minimum absolute atomic E-state index is 0.0454. The summed E-state index contributed by atoms with van der Waals surface area (Å²) in [4.78, 5) is 52.3. The zero-order valence-electron chi connectivity index (χ0n) is 23.2. The Balaban J connectivity index is 1.64. The van der Waals surface area contributed by atoms with Gasteiger partial charge in [-0.1, -0.05) is 30.3 Å². The number of nitrogens with zero attached hydrogens (tertiary/aromatic N) is 2. The average Bonchev–Trinajstić information content (AvgIpc) is 2.87. The molecule has 3 amide bonds. The van der Waals surface area contributed by atoms with Crippen LogP contribution in [-0.4, -0.2) is 64.8 Å². The van der Waals surface area contributed by atoms with Crippen LogP contribution in [-0.2, 0) is 11.3 Å². The van der Waals surface area contributed by atoms with Crippen LogP contribution in [0.2, 0.25) is 0 Å². The van der Waals surface area contributed by atoms with Gasteiger partial charge in [0.15, 0.2) is 0 Å². The Kier molecular flexibility index (Phi) is 9.88. The maximum Gasteiger partial charge on any atom is 0.410 e. The molecular weight excluding hydrogens is 503 g/mol. The summed E-state index contributed by atoms with van der Waals surface area (Å²) < 4.78 is 22.3. The topological polar surface area (TPSA) is 110 Å². The van der Waals surface area contributed by atoms with Crippen molar-refractivity contribution in [1.82, 2.24) is 20.1 Å². The van der Waals surface area contributed by atoms with Crippen LogP contribution in [0.15, 0.2) is 47.4 Å². The minimum atomic E-state index is -1.56. The van der Waals surface area contributed by atoms with E-state index in [-0.39, 0.29) is 37.2 Å². The molecule has 1 aliphatic rings. The highest BCUT2D eigenvalue weighted by molar-refractivity contribution is 5.99. The number of rotatable bonds is 9. The highest BCUT2D eigenvalue weighted by Crippen LogP contribution is 2.30. The molecule has 0 bridgehead atoms. The van der Waals surface area contributed by atoms with E-state index in [0.717, 1.165) is 5.56 Å². The lowest BCUT2D eigenvalue weighted by Gasteiger charge is -2.38. The monoisotopic (exact) mass is 542 g/mol. The normalized spacial score (nSPS) is 17.4. The van der Waals surface area contributed by atoms with Crippen LogP contribution in [0.4, 0.5) is 9.18 Å². The third kappa shape index (κ3) is 8.66. The maximum absolute atomic E-state index is 15.5. The van der Waals surface area contributed by atoms with Gasteiger partial charge in [0.25, 0.3) is 17.4 Å². The Morgan fingerprint density at radius 1 is 1.10 bits per heavy atom. The van der Waals surface area contributed by atoms with E-state index < -0.39 is 34.7 Å². The molecule has 39 heavy (non-hydrogen) atoms. The molecule has 3 rings (SSSR count). The lowest BCUT2D eigenvalue weighted by molar-refractivity contribution is -0.00798. The Labute approximate surface area is 228 Å². The standard InChI is InChI=1S/C29H39FN4O5/c1-5-31-25(36)23-17-22(19-34(26(23)37)18-21-11-7-6-8-12-21)24(35)32-15-9-13-29(30)14-10-16-33(20-29)27(38)39-28(2,3)4/h6-8,11-12,17,19H,5,9-10,13-16,18,20H2,1-4H3,(H,31,36)(H,32,35)/t29-/m0/s1. The predicted octanol–water partition coefficient (Wildman–Crippen LogP) is 3.90. The molecule has 1 fully saturated rings. The smallest absolute Gasteiger partial charge is 0.410 e. The molecule has 0 spiro atoms. The van der Waals surface area contributed by atoms with Crippen molar-refractivity contribution >= 4 is 17.9 Å². The SMILES string of the molecule is CCNC(=O)c1cc(C(=O)NCCC[C@]2(F)CCCN(C(=O)OC(C)(C)C)C2)cn(Cc2ccccc2)c1=O. The van der Waals surface area contributed by atoms with Crippen LogP contribution in [0.1, 0.15) is 79.7 Å². The molecule has 0 radical (unpaired) electrons. The Morgan fingerprint density at radius 2 is 1.82 bits per heavy atom. The quantitative estimate of drug-likeness (QED) is 0.467. The molecule has 10 heteroatoms. The molecule has 2 N–H and O–H groups in total. The van der Waals surface area contributed by atoms with Crippen molar-refractivity contribution in [1.29, 1.82) is 0 Å². The molecule has 1 aromatic carbocycles. The highest BCUT2D eigenvalue weighted by Gasteiger charge is 2.38. The number of nitrogens with one attached hydrogen (secondary N) is 2. The second-order valence-electron chi connectivity index (χ2n) is 10.9. The summed E-state index contributed by atoms with van der Waals surface area (Å²) >= 11 is 0. The van der Waals surface area contributed by atoms with Crippen molar-refractivity contribution in [3.05, 3.63) is 69.6 Å². The minimum Gasteiger partial charge on any atom is -0.444 e. The number of halogens is 1. The third-order valence-corrected chi connectivity index (χ3v) is 6.39. The second kappa shape index (κ2) is 12.9. The summed E-state index contributed by atoms with van der Waals surface area (Å²) in [6.45, 7) is 8.20. The molecule has 1 aliphatic heterocycles. The first-order valence-electron chi connectivity index (χ1n) is 13.4. The van der Waals surface area contributed by atoms with E-state index in [1.807, 2.05) is 30.3 Å². The molecule has 0 aliphatic carbocycles. The van der Waals surface area contributed by atoms with Gasteiger partial charge in [0.05, 0.1) is 18.7 Å². The number of carbonyl (C=O) groups excluding carboxylic acids is 3. The lowest BCUT2D eigenvalue weighted by atomic mass is 9.90.